The minimum Gasteiger partial charge on any atom is -0.478 e. The number of benzene rings is 1. The summed E-state index contributed by atoms with van der Waals surface area (Å²) in [6, 6.07) is 3.65. The average molecular weight is 261 g/mol. The molecule has 0 spiro atoms. The van der Waals surface area contributed by atoms with E-state index in [0.717, 1.165) is 6.07 Å². The van der Waals surface area contributed by atoms with Crippen LogP contribution < -0.4 is 5.32 Å². The lowest BCUT2D eigenvalue weighted by atomic mass is 10.1. The lowest BCUT2D eigenvalue weighted by Crippen LogP contribution is -2.36. The molecule has 1 rings (SSSR count). The second-order valence-electron chi connectivity index (χ2n) is 3.63. The summed E-state index contributed by atoms with van der Waals surface area (Å²) in [7, 11) is 0. The monoisotopic (exact) mass is 261 g/mol. The number of carbonyl (C=O) groups excluding carboxylic acids is 1. The van der Waals surface area contributed by atoms with Crippen LogP contribution in [0.2, 0.25) is 0 Å². The summed E-state index contributed by atoms with van der Waals surface area (Å²) in [5.41, 5.74) is 0.135. The van der Waals surface area contributed by atoms with Crippen LogP contribution in [0.3, 0.4) is 0 Å². The van der Waals surface area contributed by atoms with Gasteiger partial charge in [0.1, 0.15) is 0 Å². The van der Waals surface area contributed by atoms with Crippen molar-refractivity contribution in [3.8, 4) is 0 Å². The summed E-state index contributed by atoms with van der Waals surface area (Å²) >= 11 is 0. The quantitative estimate of drug-likeness (QED) is 0.873. The van der Waals surface area contributed by atoms with Gasteiger partial charge in [-0.05, 0) is 24.6 Å². The highest BCUT2D eigenvalue weighted by molar-refractivity contribution is 5.98. The summed E-state index contributed by atoms with van der Waals surface area (Å²) < 4.78 is 37.4. The van der Waals surface area contributed by atoms with Gasteiger partial charge in [-0.2, -0.15) is 8.78 Å². The molecule has 1 aromatic rings. The third-order valence-corrected chi connectivity index (χ3v) is 2.23. The highest BCUT2D eigenvalue weighted by Gasteiger charge is 2.39. The Bertz CT molecular complexity index is 488. The van der Waals surface area contributed by atoms with Gasteiger partial charge in [0.25, 0.3) is 5.91 Å². The first-order valence-corrected chi connectivity index (χ1v) is 4.87. The first-order valence-electron chi connectivity index (χ1n) is 4.87. The Morgan fingerprint density at radius 1 is 1.39 bits per heavy atom. The maximum Gasteiger partial charge on any atom is 0.352 e. The Balaban J connectivity index is 3.01. The lowest BCUT2D eigenvalue weighted by Gasteiger charge is -2.14. The summed E-state index contributed by atoms with van der Waals surface area (Å²) in [6.45, 7) is -0.620. The standard InChI is InChI=1S/C11H10F3NO3/c1-6-2-3-7(9(16)17)4-8(6)15-10(18)11(13,14)5-12/h2-4H,5H2,1H3,(H,15,18)(H,16,17). The molecule has 0 saturated carbocycles. The Morgan fingerprint density at radius 3 is 2.50 bits per heavy atom. The zero-order valence-electron chi connectivity index (χ0n) is 9.34. The molecule has 0 aliphatic heterocycles. The number of amides is 1. The predicted molar refractivity (Wildman–Crippen MR) is 57.7 cm³/mol. The molecule has 1 amide bonds. The van der Waals surface area contributed by atoms with Crippen LogP contribution in [-0.4, -0.2) is 29.6 Å². The van der Waals surface area contributed by atoms with E-state index in [-0.39, 0.29) is 11.3 Å². The van der Waals surface area contributed by atoms with Crippen molar-refractivity contribution < 1.29 is 27.9 Å². The largest absolute Gasteiger partial charge is 0.478 e. The molecule has 4 nitrogen and oxygen atoms in total. The van der Waals surface area contributed by atoms with Crippen LogP contribution in [-0.2, 0) is 4.79 Å². The molecule has 98 valence electrons. The number of aromatic carboxylic acids is 1. The van der Waals surface area contributed by atoms with E-state index in [1.54, 1.807) is 5.32 Å². The van der Waals surface area contributed by atoms with Gasteiger partial charge in [0.15, 0.2) is 6.67 Å². The minimum atomic E-state index is -4.13. The van der Waals surface area contributed by atoms with Crippen LogP contribution >= 0.6 is 0 Å². The van der Waals surface area contributed by atoms with E-state index in [1.165, 1.54) is 19.1 Å². The van der Waals surface area contributed by atoms with E-state index in [0.29, 0.717) is 5.56 Å². The van der Waals surface area contributed by atoms with Crippen molar-refractivity contribution in [2.24, 2.45) is 0 Å². The van der Waals surface area contributed by atoms with E-state index < -0.39 is 24.5 Å². The van der Waals surface area contributed by atoms with Crippen molar-refractivity contribution in [2.45, 2.75) is 12.8 Å². The molecule has 0 aliphatic carbocycles. The molecule has 0 fully saturated rings. The Labute approximate surface area is 100 Å². The lowest BCUT2D eigenvalue weighted by molar-refractivity contribution is -0.141. The molecule has 0 saturated heterocycles. The van der Waals surface area contributed by atoms with Crippen molar-refractivity contribution in [1.82, 2.24) is 0 Å². The number of aryl methyl sites for hydroxylation is 1. The second-order valence-corrected chi connectivity index (χ2v) is 3.63. The van der Waals surface area contributed by atoms with Crippen molar-refractivity contribution in [3.05, 3.63) is 29.3 Å². The Morgan fingerprint density at radius 2 is 2.00 bits per heavy atom. The fraction of sp³-hybridized carbons (Fsp3) is 0.273. The summed E-state index contributed by atoms with van der Waals surface area (Å²) in [6.07, 6.45) is 0. The molecule has 0 heterocycles. The molecule has 1 aromatic carbocycles. The summed E-state index contributed by atoms with van der Waals surface area (Å²) in [5, 5.41) is 10.5. The predicted octanol–water partition coefficient (Wildman–Crippen LogP) is 2.24. The molecule has 2 N–H and O–H groups in total. The van der Waals surface area contributed by atoms with Crippen LogP contribution in [0.4, 0.5) is 18.9 Å². The molecular weight excluding hydrogens is 251 g/mol. The highest BCUT2D eigenvalue weighted by atomic mass is 19.3. The van der Waals surface area contributed by atoms with Gasteiger partial charge >= 0.3 is 11.9 Å². The smallest absolute Gasteiger partial charge is 0.352 e. The van der Waals surface area contributed by atoms with Gasteiger partial charge in [0, 0.05) is 5.69 Å². The van der Waals surface area contributed by atoms with E-state index in [4.69, 9.17) is 5.11 Å². The van der Waals surface area contributed by atoms with Gasteiger partial charge in [-0.15, -0.1) is 0 Å². The normalized spacial score (nSPS) is 11.1. The molecule has 0 atom stereocenters. The number of carbonyl (C=O) groups is 2. The number of carboxylic acid groups (broad SMARTS) is 1. The highest BCUT2D eigenvalue weighted by Crippen LogP contribution is 2.21. The molecule has 0 unspecified atom stereocenters. The molecule has 7 heteroatoms. The fourth-order valence-electron chi connectivity index (χ4n) is 1.16. The first kappa shape index (κ1) is 14.0. The van der Waals surface area contributed by atoms with E-state index in [9.17, 15) is 22.8 Å². The second kappa shape index (κ2) is 5.07. The Hall–Kier alpha value is -2.05. The average Bonchev–Trinajstić information content (AvgIpc) is 2.31. The van der Waals surface area contributed by atoms with Crippen molar-refractivity contribution in [1.29, 1.82) is 0 Å². The number of nitrogens with one attached hydrogen (secondary N) is 1. The zero-order chi connectivity index (χ0) is 13.9. The first-order chi connectivity index (χ1) is 8.27. The van der Waals surface area contributed by atoms with E-state index in [1.807, 2.05) is 0 Å². The summed E-state index contributed by atoms with van der Waals surface area (Å²) in [4.78, 5) is 21.7. The van der Waals surface area contributed by atoms with Crippen molar-refractivity contribution in [2.75, 3.05) is 12.0 Å². The molecular formula is C11H10F3NO3. The van der Waals surface area contributed by atoms with Crippen LogP contribution in [0, 0.1) is 6.92 Å². The number of anilines is 1. The third-order valence-electron chi connectivity index (χ3n) is 2.23. The fourth-order valence-corrected chi connectivity index (χ4v) is 1.16. The molecule has 18 heavy (non-hydrogen) atoms. The topological polar surface area (TPSA) is 66.4 Å². The number of hydrogen-bond donors (Lipinski definition) is 2. The van der Waals surface area contributed by atoms with Gasteiger partial charge in [0.05, 0.1) is 5.56 Å². The Kier molecular flexibility index (Phi) is 3.95. The maximum atomic E-state index is 12.7. The van der Waals surface area contributed by atoms with Crippen LogP contribution in [0.15, 0.2) is 18.2 Å². The van der Waals surface area contributed by atoms with Crippen LogP contribution in [0.25, 0.3) is 0 Å². The van der Waals surface area contributed by atoms with Crippen molar-refractivity contribution in [3.63, 3.8) is 0 Å². The van der Waals surface area contributed by atoms with Crippen LogP contribution in [0.1, 0.15) is 15.9 Å². The number of carboxylic acids is 1. The minimum absolute atomic E-state index is 0.0898. The van der Waals surface area contributed by atoms with E-state index in [2.05, 4.69) is 0 Å². The number of alkyl halides is 3. The van der Waals surface area contributed by atoms with Gasteiger partial charge in [-0.25, -0.2) is 9.18 Å². The maximum absolute atomic E-state index is 12.7. The van der Waals surface area contributed by atoms with Crippen molar-refractivity contribution >= 4 is 17.6 Å². The number of halogens is 3. The third kappa shape index (κ3) is 2.99. The molecule has 0 radical (unpaired) electrons. The van der Waals surface area contributed by atoms with Gasteiger partial charge in [0.2, 0.25) is 0 Å². The number of rotatable bonds is 4. The zero-order valence-corrected chi connectivity index (χ0v) is 9.34. The molecule has 0 aromatic heterocycles. The van der Waals surface area contributed by atoms with Gasteiger partial charge in [-0.3, -0.25) is 4.79 Å². The number of hydrogen-bond acceptors (Lipinski definition) is 2. The van der Waals surface area contributed by atoms with Gasteiger partial charge < -0.3 is 10.4 Å². The van der Waals surface area contributed by atoms with Gasteiger partial charge in [-0.1, -0.05) is 6.07 Å². The summed E-state index contributed by atoms with van der Waals surface area (Å²) in [5.74, 6) is -7.20. The van der Waals surface area contributed by atoms with E-state index >= 15 is 0 Å². The molecule has 0 aliphatic rings. The SMILES string of the molecule is Cc1ccc(C(=O)O)cc1NC(=O)C(F)(F)CF. The van der Waals surface area contributed by atoms with Crippen LogP contribution in [0.5, 0.6) is 0 Å². The molecule has 0 bridgehead atoms.